The molecular formula is C18H24N2O5S. The minimum absolute atomic E-state index is 0.103. The molecule has 1 aliphatic carbocycles. The minimum atomic E-state index is -3.33. The van der Waals surface area contributed by atoms with Gasteiger partial charge in [0.15, 0.2) is 0 Å². The van der Waals surface area contributed by atoms with Gasteiger partial charge in [0.05, 0.1) is 11.4 Å². The fourth-order valence-electron chi connectivity index (χ4n) is 3.75. The molecule has 26 heavy (non-hydrogen) atoms. The molecular weight excluding hydrogens is 356 g/mol. The number of rotatable bonds is 4. The lowest BCUT2D eigenvalue weighted by Crippen LogP contribution is -2.54. The van der Waals surface area contributed by atoms with Gasteiger partial charge < -0.3 is 10.4 Å². The molecule has 142 valence electrons. The second-order valence-electron chi connectivity index (χ2n) is 7.05. The highest BCUT2D eigenvalue weighted by Crippen LogP contribution is 2.29. The van der Waals surface area contributed by atoms with E-state index >= 15 is 0 Å². The number of carboxylic acid groups (broad SMARTS) is 1. The summed E-state index contributed by atoms with van der Waals surface area (Å²) in [5.74, 6) is -1.38. The lowest BCUT2D eigenvalue weighted by Gasteiger charge is -2.29. The molecule has 0 radical (unpaired) electrons. The topological polar surface area (TPSA) is 104 Å². The van der Waals surface area contributed by atoms with E-state index in [-0.39, 0.29) is 11.3 Å². The summed E-state index contributed by atoms with van der Waals surface area (Å²) in [5, 5.41) is 12.4. The Balaban J connectivity index is 1.83. The van der Waals surface area contributed by atoms with Crippen LogP contribution in [0.15, 0.2) is 24.3 Å². The van der Waals surface area contributed by atoms with Crippen LogP contribution in [0.1, 0.15) is 55.3 Å². The van der Waals surface area contributed by atoms with Crippen LogP contribution in [0.4, 0.5) is 5.69 Å². The third-order valence-corrected chi connectivity index (χ3v) is 7.08. The lowest BCUT2D eigenvalue weighted by molar-refractivity contribution is -0.145. The van der Waals surface area contributed by atoms with Gasteiger partial charge in [0, 0.05) is 12.1 Å². The smallest absolute Gasteiger partial charge is 0.329 e. The quantitative estimate of drug-likeness (QED) is 0.779. The number of nitrogens with one attached hydrogen (secondary N) is 1. The first-order valence-corrected chi connectivity index (χ1v) is 10.6. The van der Waals surface area contributed by atoms with Crippen molar-refractivity contribution in [3.63, 3.8) is 0 Å². The second-order valence-corrected chi connectivity index (χ2v) is 9.06. The zero-order valence-corrected chi connectivity index (χ0v) is 15.4. The molecule has 1 heterocycles. The van der Waals surface area contributed by atoms with Crippen LogP contribution in [-0.4, -0.2) is 43.2 Å². The Hall–Kier alpha value is -2.09. The number of amides is 1. The van der Waals surface area contributed by atoms with Crippen molar-refractivity contribution < 1.29 is 23.1 Å². The fourth-order valence-corrected chi connectivity index (χ4v) is 5.30. The Kier molecular flexibility index (Phi) is 5.22. The van der Waals surface area contributed by atoms with Crippen LogP contribution in [0.3, 0.4) is 0 Å². The standard InChI is InChI=1S/C18H24N2O5S/c21-16(19-18(17(22)23)9-3-1-2-4-10-18)14-7-5-8-15(13-14)20-11-6-12-26(20,24)25/h5,7-8,13H,1-4,6,9-12H2,(H,19,21)(H,22,23). The normalized spacial score (nSPS) is 21.8. The highest BCUT2D eigenvalue weighted by molar-refractivity contribution is 7.93. The first-order chi connectivity index (χ1) is 12.3. The first kappa shape index (κ1) is 18.7. The van der Waals surface area contributed by atoms with Crippen LogP contribution in [-0.2, 0) is 14.8 Å². The lowest BCUT2D eigenvalue weighted by atomic mass is 9.90. The highest BCUT2D eigenvalue weighted by Gasteiger charge is 2.40. The largest absolute Gasteiger partial charge is 0.480 e. The molecule has 8 heteroatoms. The number of carbonyl (C=O) groups excluding carboxylic acids is 1. The van der Waals surface area contributed by atoms with Crippen molar-refractivity contribution >= 4 is 27.6 Å². The number of nitrogens with zero attached hydrogens (tertiary/aromatic N) is 1. The van der Waals surface area contributed by atoms with Crippen molar-refractivity contribution in [2.24, 2.45) is 0 Å². The fraction of sp³-hybridized carbons (Fsp3) is 0.556. The summed E-state index contributed by atoms with van der Waals surface area (Å²) < 4.78 is 25.5. The maximum atomic E-state index is 12.7. The van der Waals surface area contributed by atoms with Crippen LogP contribution >= 0.6 is 0 Å². The number of hydrogen-bond acceptors (Lipinski definition) is 4. The van der Waals surface area contributed by atoms with E-state index < -0.39 is 27.4 Å². The van der Waals surface area contributed by atoms with Crippen LogP contribution in [0, 0.1) is 0 Å². The molecule has 1 saturated heterocycles. The van der Waals surface area contributed by atoms with Crippen LogP contribution in [0.5, 0.6) is 0 Å². The van der Waals surface area contributed by atoms with Gasteiger partial charge in [-0.3, -0.25) is 9.10 Å². The number of aliphatic carboxylic acids is 1. The molecule has 3 rings (SSSR count). The van der Waals surface area contributed by atoms with Gasteiger partial charge in [-0.15, -0.1) is 0 Å². The number of sulfonamides is 1. The zero-order chi connectivity index (χ0) is 18.8. The highest BCUT2D eigenvalue weighted by atomic mass is 32.2. The Morgan fingerprint density at radius 1 is 1.08 bits per heavy atom. The van der Waals surface area contributed by atoms with Crippen LogP contribution < -0.4 is 9.62 Å². The first-order valence-electron chi connectivity index (χ1n) is 9.00. The SMILES string of the molecule is O=C(NC1(C(=O)O)CCCCCC1)c1cccc(N2CCCS2(=O)=O)c1. The van der Waals surface area contributed by atoms with Gasteiger partial charge in [-0.2, -0.15) is 0 Å². The van der Waals surface area contributed by atoms with Crippen molar-refractivity contribution in [1.29, 1.82) is 0 Å². The van der Waals surface area contributed by atoms with Gasteiger partial charge in [0.1, 0.15) is 5.54 Å². The Labute approximate surface area is 153 Å². The van der Waals surface area contributed by atoms with Crippen molar-refractivity contribution in [1.82, 2.24) is 5.32 Å². The van der Waals surface area contributed by atoms with Crippen molar-refractivity contribution in [2.75, 3.05) is 16.6 Å². The van der Waals surface area contributed by atoms with Crippen molar-refractivity contribution in [3.05, 3.63) is 29.8 Å². The Morgan fingerprint density at radius 2 is 1.77 bits per heavy atom. The number of anilines is 1. The monoisotopic (exact) mass is 380 g/mol. The molecule has 1 aromatic carbocycles. The molecule has 0 atom stereocenters. The maximum absolute atomic E-state index is 12.7. The second kappa shape index (κ2) is 7.26. The summed E-state index contributed by atoms with van der Waals surface area (Å²) in [6.07, 6.45) is 4.83. The van der Waals surface area contributed by atoms with E-state index in [1.807, 2.05) is 0 Å². The van der Waals surface area contributed by atoms with E-state index in [9.17, 15) is 23.1 Å². The van der Waals surface area contributed by atoms with Gasteiger partial charge in [0.2, 0.25) is 10.0 Å². The zero-order valence-electron chi connectivity index (χ0n) is 14.6. The molecule has 2 aliphatic rings. The molecule has 2 N–H and O–H groups in total. The number of carbonyl (C=O) groups is 2. The molecule has 0 aromatic heterocycles. The average Bonchev–Trinajstić information content (AvgIpc) is 2.81. The molecule has 1 aliphatic heterocycles. The number of hydrogen-bond donors (Lipinski definition) is 2. The summed E-state index contributed by atoms with van der Waals surface area (Å²) in [6.45, 7) is 0.395. The van der Waals surface area contributed by atoms with Gasteiger partial charge >= 0.3 is 5.97 Å². The van der Waals surface area contributed by atoms with Crippen LogP contribution in [0.2, 0.25) is 0 Å². The Bertz CT molecular complexity index is 798. The van der Waals surface area contributed by atoms with E-state index in [0.29, 0.717) is 31.5 Å². The summed E-state index contributed by atoms with van der Waals surface area (Å²) in [5.41, 5.74) is -0.529. The van der Waals surface area contributed by atoms with Crippen molar-refractivity contribution in [3.8, 4) is 0 Å². The van der Waals surface area contributed by atoms with E-state index in [2.05, 4.69) is 5.32 Å². The third-order valence-electron chi connectivity index (χ3n) is 5.21. The predicted octanol–water partition coefficient (Wildman–Crippen LogP) is 2.13. The van der Waals surface area contributed by atoms with E-state index in [4.69, 9.17) is 0 Å². The molecule has 1 aromatic rings. The van der Waals surface area contributed by atoms with E-state index in [1.54, 1.807) is 18.2 Å². The van der Waals surface area contributed by atoms with Crippen LogP contribution in [0.25, 0.3) is 0 Å². The molecule has 0 spiro atoms. The van der Waals surface area contributed by atoms with E-state index in [1.165, 1.54) is 10.4 Å². The van der Waals surface area contributed by atoms with Gasteiger partial charge in [-0.05, 0) is 37.5 Å². The average molecular weight is 380 g/mol. The summed E-state index contributed by atoms with van der Waals surface area (Å²) in [6, 6.07) is 6.37. The number of carboxylic acids is 1. The molecule has 7 nitrogen and oxygen atoms in total. The molecule has 1 amide bonds. The van der Waals surface area contributed by atoms with Gasteiger partial charge in [-0.25, -0.2) is 13.2 Å². The maximum Gasteiger partial charge on any atom is 0.329 e. The van der Waals surface area contributed by atoms with Gasteiger partial charge in [0.25, 0.3) is 5.91 Å². The molecule has 2 fully saturated rings. The number of benzene rings is 1. The minimum Gasteiger partial charge on any atom is -0.480 e. The molecule has 1 saturated carbocycles. The Morgan fingerprint density at radius 3 is 2.35 bits per heavy atom. The summed E-state index contributed by atoms with van der Waals surface area (Å²) in [4.78, 5) is 24.6. The van der Waals surface area contributed by atoms with Crippen molar-refractivity contribution in [2.45, 2.75) is 50.5 Å². The predicted molar refractivity (Wildman–Crippen MR) is 97.7 cm³/mol. The van der Waals surface area contributed by atoms with Gasteiger partial charge in [-0.1, -0.05) is 31.7 Å². The molecule has 0 unspecified atom stereocenters. The molecule has 0 bridgehead atoms. The van der Waals surface area contributed by atoms with E-state index in [0.717, 1.165) is 25.7 Å². The summed E-state index contributed by atoms with van der Waals surface area (Å²) >= 11 is 0. The summed E-state index contributed by atoms with van der Waals surface area (Å²) in [7, 11) is -3.33. The third kappa shape index (κ3) is 3.70.